The minimum absolute atomic E-state index is 0.0726. The van der Waals surface area contributed by atoms with Crippen molar-refractivity contribution >= 4 is 21.3 Å². The van der Waals surface area contributed by atoms with Crippen molar-refractivity contribution in [1.82, 2.24) is 0 Å². The van der Waals surface area contributed by atoms with Gasteiger partial charge in [0, 0.05) is 18.4 Å². The first-order valence-corrected chi connectivity index (χ1v) is 9.04. The van der Waals surface area contributed by atoms with Gasteiger partial charge >= 0.3 is 0 Å². The van der Waals surface area contributed by atoms with E-state index in [4.69, 9.17) is 0 Å². The normalized spacial score (nSPS) is 14.9. The van der Waals surface area contributed by atoms with Crippen LogP contribution in [0.15, 0.2) is 34.7 Å². The summed E-state index contributed by atoms with van der Waals surface area (Å²) in [6, 6.07) is 4.69. The number of ketones is 1. The van der Waals surface area contributed by atoms with Gasteiger partial charge in [-0.05, 0) is 50.8 Å². The zero-order valence-electron chi connectivity index (χ0n) is 12.5. The van der Waals surface area contributed by atoms with Crippen LogP contribution in [-0.2, 0) is 9.84 Å². The summed E-state index contributed by atoms with van der Waals surface area (Å²) in [5.41, 5.74) is 2.46. The van der Waals surface area contributed by atoms with Crippen molar-refractivity contribution < 1.29 is 13.2 Å². The number of allylic oxidation sites excluding steroid dienone is 1. The van der Waals surface area contributed by atoms with Crippen LogP contribution >= 0.6 is 0 Å². The molecule has 1 aliphatic rings. The number of Topliss-reactive ketones (excluding diaryl/α,β-unsaturated/α-hetero) is 1. The fraction of sp³-hybridized carbons (Fsp3) is 0.438. The maximum atomic E-state index is 11.8. The number of benzene rings is 1. The Morgan fingerprint density at radius 1 is 1.33 bits per heavy atom. The maximum Gasteiger partial charge on any atom is 0.177 e. The van der Waals surface area contributed by atoms with Crippen LogP contribution in [0.25, 0.3) is 0 Å². The Morgan fingerprint density at radius 3 is 2.67 bits per heavy atom. The highest BCUT2D eigenvalue weighted by Gasteiger charge is 2.15. The highest BCUT2D eigenvalue weighted by Crippen LogP contribution is 2.25. The smallest absolute Gasteiger partial charge is 0.177 e. The molecule has 0 saturated carbocycles. The SMILES string of the molecule is CC(=O)c1ccc(S(C)(=O)=O)c(NCCC2=CCCC2)c1. The van der Waals surface area contributed by atoms with E-state index in [-0.39, 0.29) is 10.7 Å². The lowest BCUT2D eigenvalue weighted by atomic mass is 10.1. The molecule has 0 amide bonds. The highest BCUT2D eigenvalue weighted by molar-refractivity contribution is 7.90. The molecule has 0 atom stereocenters. The lowest BCUT2D eigenvalue weighted by Gasteiger charge is -2.12. The lowest BCUT2D eigenvalue weighted by molar-refractivity contribution is 0.101. The van der Waals surface area contributed by atoms with E-state index in [2.05, 4.69) is 11.4 Å². The number of sulfone groups is 1. The number of hydrogen-bond acceptors (Lipinski definition) is 4. The Hall–Kier alpha value is -1.62. The second kappa shape index (κ2) is 6.43. The van der Waals surface area contributed by atoms with Crippen molar-refractivity contribution in [2.75, 3.05) is 18.1 Å². The highest BCUT2D eigenvalue weighted by atomic mass is 32.2. The van der Waals surface area contributed by atoms with Gasteiger partial charge in [-0.1, -0.05) is 11.6 Å². The quantitative estimate of drug-likeness (QED) is 0.647. The van der Waals surface area contributed by atoms with Gasteiger partial charge in [0.1, 0.15) is 0 Å². The van der Waals surface area contributed by atoms with Crippen LogP contribution in [0, 0.1) is 0 Å². The van der Waals surface area contributed by atoms with Crippen molar-refractivity contribution in [3.05, 3.63) is 35.4 Å². The molecule has 4 nitrogen and oxygen atoms in total. The number of hydrogen-bond donors (Lipinski definition) is 1. The van der Waals surface area contributed by atoms with Crippen LogP contribution in [0.2, 0.25) is 0 Å². The van der Waals surface area contributed by atoms with Gasteiger partial charge in [0.25, 0.3) is 0 Å². The zero-order valence-corrected chi connectivity index (χ0v) is 13.3. The molecule has 0 radical (unpaired) electrons. The molecule has 114 valence electrons. The fourth-order valence-corrected chi connectivity index (χ4v) is 3.38. The largest absolute Gasteiger partial charge is 0.384 e. The average molecular weight is 307 g/mol. The van der Waals surface area contributed by atoms with Gasteiger partial charge in [-0.15, -0.1) is 0 Å². The number of nitrogens with one attached hydrogen (secondary N) is 1. The van der Waals surface area contributed by atoms with Crippen LogP contribution in [-0.4, -0.2) is 27.0 Å². The molecular formula is C16H21NO3S. The average Bonchev–Trinajstić information content (AvgIpc) is 2.90. The van der Waals surface area contributed by atoms with Gasteiger partial charge in [0.15, 0.2) is 15.6 Å². The fourth-order valence-electron chi connectivity index (χ4n) is 2.53. The minimum atomic E-state index is -3.31. The van der Waals surface area contributed by atoms with Gasteiger partial charge in [-0.25, -0.2) is 8.42 Å². The molecule has 5 heteroatoms. The molecular weight excluding hydrogens is 286 g/mol. The van der Waals surface area contributed by atoms with Crippen molar-refractivity contribution in [1.29, 1.82) is 0 Å². The maximum absolute atomic E-state index is 11.8. The number of rotatable bonds is 6. The predicted molar refractivity (Wildman–Crippen MR) is 84.6 cm³/mol. The van der Waals surface area contributed by atoms with E-state index in [1.54, 1.807) is 12.1 Å². The molecule has 0 bridgehead atoms. The third-order valence-corrected chi connectivity index (χ3v) is 4.84. The lowest BCUT2D eigenvalue weighted by Crippen LogP contribution is -2.09. The van der Waals surface area contributed by atoms with Crippen molar-refractivity contribution in [2.24, 2.45) is 0 Å². The Bertz CT molecular complexity index is 675. The molecule has 1 aromatic rings. The molecule has 0 fully saturated rings. The molecule has 0 spiro atoms. The molecule has 21 heavy (non-hydrogen) atoms. The molecule has 0 heterocycles. The topological polar surface area (TPSA) is 63.2 Å². The van der Waals surface area contributed by atoms with Crippen molar-refractivity contribution in [2.45, 2.75) is 37.5 Å². The Morgan fingerprint density at radius 2 is 2.10 bits per heavy atom. The van der Waals surface area contributed by atoms with E-state index in [1.807, 2.05) is 0 Å². The van der Waals surface area contributed by atoms with Crippen molar-refractivity contribution in [3.8, 4) is 0 Å². The monoisotopic (exact) mass is 307 g/mol. The molecule has 2 rings (SSSR count). The third kappa shape index (κ3) is 4.17. The molecule has 1 aliphatic carbocycles. The minimum Gasteiger partial charge on any atom is -0.384 e. The first-order chi connectivity index (χ1) is 9.88. The Balaban J connectivity index is 2.17. The van der Waals surface area contributed by atoms with E-state index >= 15 is 0 Å². The van der Waals surface area contributed by atoms with Gasteiger partial charge < -0.3 is 5.32 Å². The van der Waals surface area contributed by atoms with Gasteiger partial charge in [-0.2, -0.15) is 0 Å². The van der Waals surface area contributed by atoms with Crippen LogP contribution < -0.4 is 5.32 Å². The number of carbonyl (C=O) groups is 1. The van der Waals surface area contributed by atoms with Crippen LogP contribution in [0.5, 0.6) is 0 Å². The zero-order chi connectivity index (χ0) is 15.5. The summed E-state index contributed by atoms with van der Waals surface area (Å²) in [5.74, 6) is -0.0726. The van der Waals surface area contributed by atoms with E-state index in [1.165, 1.54) is 31.2 Å². The van der Waals surface area contributed by atoms with Crippen LogP contribution in [0.1, 0.15) is 43.0 Å². The summed E-state index contributed by atoms with van der Waals surface area (Å²) in [6.45, 7) is 2.15. The van der Waals surface area contributed by atoms with Crippen LogP contribution in [0.4, 0.5) is 5.69 Å². The first-order valence-electron chi connectivity index (χ1n) is 7.15. The second-order valence-corrected chi connectivity index (χ2v) is 7.45. The Labute approximate surface area is 126 Å². The summed E-state index contributed by atoms with van der Waals surface area (Å²) < 4.78 is 23.6. The van der Waals surface area contributed by atoms with E-state index in [9.17, 15) is 13.2 Å². The molecule has 0 unspecified atom stereocenters. The molecule has 0 aliphatic heterocycles. The summed E-state index contributed by atoms with van der Waals surface area (Å²) in [6.07, 6.45) is 7.83. The third-order valence-electron chi connectivity index (χ3n) is 3.68. The van der Waals surface area contributed by atoms with Gasteiger partial charge in [-0.3, -0.25) is 4.79 Å². The summed E-state index contributed by atoms with van der Waals surface area (Å²) in [5, 5.41) is 3.17. The molecule has 1 N–H and O–H groups in total. The molecule has 0 aromatic heterocycles. The van der Waals surface area contributed by atoms with Gasteiger partial charge in [0.05, 0.1) is 10.6 Å². The molecule has 1 aromatic carbocycles. The number of carbonyl (C=O) groups excluding carboxylic acids is 1. The van der Waals surface area contributed by atoms with Crippen LogP contribution in [0.3, 0.4) is 0 Å². The van der Waals surface area contributed by atoms with Gasteiger partial charge in [0.2, 0.25) is 0 Å². The first kappa shape index (κ1) is 15.8. The standard InChI is InChI=1S/C16H21NO3S/c1-12(18)14-7-8-16(21(2,19)20)15(11-14)17-10-9-13-5-3-4-6-13/h5,7-8,11,17H,3-4,6,9-10H2,1-2H3. The summed E-state index contributed by atoms with van der Waals surface area (Å²) in [7, 11) is -3.31. The van der Waals surface area contributed by atoms with Crippen molar-refractivity contribution in [3.63, 3.8) is 0 Å². The second-order valence-electron chi connectivity index (χ2n) is 5.47. The summed E-state index contributed by atoms with van der Waals surface area (Å²) >= 11 is 0. The summed E-state index contributed by atoms with van der Waals surface area (Å²) in [4.78, 5) is 11.7. The van der Waals surface area contributed by atoms with E-state index in [0.717, 1.165) is 19.3 Å². The Kier molecular flexibility index (Phi) is 4.83. The predicted octanol–water partition coefficient (Wildman–Crippen LogP) is 3.21. The van der Waals surface area contributed by atoms with E-state index < -0.39 is 9.84 Å². The van der Waals surface area contributed by atoms with E-state index in [0.29, 0.717) is 17.8 Å². The number of anilines is 1. The molecule has 0 saturated heterocycles.